The van der Waals surface area contributed by atoms with Crippen molar-refractivity contribution in [2.45, 2.75) is 38.8 Å². The Kier molecular flexibility index (Phi) is 5.15. The lowest BCUT2D eigenvalue weighted by Crippen LogP contribution is -2.32. The van der Waals surface area contributed by atoms with Crippen molar-refractivity contribution in [1.29, 1.82) is 0 Å². The van der Waals surface area contributed by atoms with E-state index >= 15 is 0 Å². The maximum Gasteiger partial charge on any atom is 0.425 e. The topological polar surface area (TPSA) is 95.6 Å². The van der Waals surface area contributed by atoms with Gasteiger partial charge in [0.25, 0.3) is 0 Å². The van der Waals surface area contributed by atoms with Crippen molar-refractivity contribution in [3.8, 4) is 11.4 Å². The van der Waals surface area contributed by atoms with E-state index in [0.717, 1.165) is 6.07 Å². The summed E-state index contributed by atoms with van der Waals surface area (Å²) in [6.07, 6.45) is -6.60. The van der Waals surface area contributed by atoms with Crippen LogP contribution in [-0.2, 0) is 17.9 Å². The molecule has 12 heteroatoms. The zero-order chi connectivity index (χ0) is 20.6. The monoisotopic (exact) mass is 405 g/mol. The Hall–Kier alpha value is -2.89. The third-order valence-electron chi connectivity index (χ3n) is 4.11. The number of aromatic carboxylic acids is 1. The van der Waals surface area contributed by atoms with Crippen LogP contribution >= 0.6 is 0 Å². The van der Waals surface area contributed by atoms with Crippen molar-refractivity contribution in [3.05, 3.63) is 39.8 Å². The number of nitrogens with zero attached hydrogens (tertiary/aromatic N) is 3. The fourth-order valence-corrected chi connectivity index (χ4v) is 2.64. The van der Waals surface area contributed by atoms with Crippen LogP contribution in [0.1, 0.15) is 29.5 Å². The second-order valence-electron chi connectivity index (χ2n) is 6.08. The van der Waals surface area contributed by atoms with Gasteiger partial charge in [0, 0.05) is 19.2 Å². The highest BCUT2D eigenvalue weighted by atomic mass is 19.4. The molecule has 0 amide bonds. The van der Waals surface area contributed by atoms with Crippen LogP contribution in [0.3, 0.4) is 0 Å². The Labute approximate surface area is 154 Å². The molecule has 0 saturated heterocycles. The maximum absolute atomic E-state index is 14.5. The van der Waals surface area contributed by atoms with Crippen LogP contribution in [0, 0.1) is 5.82 Å². The van der Waals surface area contributed by atoms with Gasteiger partial charge < -0.3 is 14.6 Å². The molecule has 28 heavy (non-hydrogen) atoms. The van der Waals surface area contributed by atoms with Gasteiger partial charge in [0.2, 0.25) is 0 Å². The molecule has 3 rings (SSSR count). The van der Waals surface area contributed by atoms with E-state index in [1.54, 1.807) is 0 Å². The van der Waals surface area contributed by atoms with Gasteiger partial charge in [-0.3, -0.25) is 4.57 Å². The summed E-state index contributed by atoms with van der Waals surface area (Å²) in [7, 11) is 0. The summed E-state index contributed by atoms with van der Waals surface area (Å²) in [5.41, 5.74) is -2.06. The molecule has 0 saturated carbocycles. The highest BCUT2D eigenvalue weighted by Crippen LogP contribution is 2.30. The second-order valence-corrected chi connectivity index (χ2v) is 6.08. The Morgan fingerprint density at radius 1 is 1.39 bits per heavy atom. The number of rotatable bonds is 4. The number of benzene rings is 1. The average Bonchev–Trinajstić information content (AvgIpc) is 2.78. The van der Waals surface area contributed by atoms with Crippen molar-refractivity contribution < 1.29 is 36.9 Å². The van der Waals surface area contributed by atoms with E-state index in [9.17, 15) is 27.2 Å². The first-order valence-corrected chi connectivity index (χ1v) is 8.16. The average molecular weight is 405 g/mol. The minimum Gasteiger partial charge on any atom is -0.480 e. The van der Waals surface area contributed by atoms with Gasteiger partial charge in [0.05, 0.1) is 0 Å². The number of fused-ring (bicyclic) bond motifs is 1. The molecule has 1 aliphatic rings. The van der Waals surface area contributed by atoms with Gasteiger partial charge in [-0.15, -0.1) is 5.10 Å². The molecule has 0 radical (unpaired) electrons. The number of carbonyl (C=O) groups is 1. The zero-order valence-corrected chi connectivity index (χ0v) is 14.5. The molecule has 0 unspecified atom stereocenters. The molecule has 0 bridgehead atoms. The SMILES string of the molecule is C[C@H](Oc1cc(-n2nc3n(c2=O)CCCOC3)c(F)cc1C(=O)O)C(F)(F)F. The Morgan fingerprint density at radius 3 is 2.75 bits per heavy atom. The van der Waals surface area contributed by atoms with Crippen molar-refractivity contribution in [1.82, 2.24) is 14.3 Å². The maximum atomic E-state index is 14.5. The molecule has 1 N–H and O–H groups in total. The van der Waals surface area contributed by atoms with Crippen molar-refractivity contribution in [2.24, 2.45) is 0 Å². The minimum atomic E-state index is -4.77. The lowest BCUT2D eigenvalue weighted by Gasteiger charge is -2.19. The van der Waals surface area contributed by atoms with Crippen LogP contribution in [0.15, 0.2) is 16.9 Å². The lowest BCUT2D eigenvalue weighted by atomic mass is 10.1. The van der Waals surface area contributed by atoms with E-state index in [2.05, 4.69) is 5.10 Å². The first-order chi connectivity index (χ1) is 13.1. The van der Waals surface area contributed by atoms with Crippen LogP contribution in [0.4, 0.5) is 17.6 Å². The normalized spacial score (nSPS) is 15.6. The molecule has 2 heterocycles. The Balaban J connectivity index is 2.11. The van der Waals surface area contributed by atoms with E-state index in [0.29, 0.717) is 30.7 Å². The first kappa shape index (κ1) is 19.9. The molecule has 8 nitrogen and oxygen atoms in total. The molecule has 0 fully saturated rings. The molecule has 2 aromatic rings. The van der Waals surface area contributed by atoms with E-state index in [1.165, 1.54) is 4.57 Å². The van der Waals surface area contributed by atoms with Gasteiger partial charge in [-0.1, -0.05) is 0 Å². The number of alkyl halides is 3. The third kappa shape index (κ3) is 3.72. The summed E-state index contributed by atoms with van der Waals surface area (Å²) in [6, 6.07) is 1.21. The number of hydrogen-bond acceptors (Lipinski definition) is 5. The smallest absolute Gasteiger partial charge is 0.425 e. The molecule has 0 spiro atoms. The van der Waals surface area contributed by atoms with Crippen molar-refractivity contribution in [2.75, 3.05) is 6.61 Å². The first-order valence-electron chi connectivity index (χ1n) is 8.16. The summed E-state index contributed by atoms with van der Waals surface area (Å²) in [5.74, 6) is -3.35. The van der Waals surface area contributed by atoms with Gasteiger partial charge in [-0.2, -0.15) is 17.9 Å². The number of aromatic nitrogens is 3. The summed E-state index contributed by atoms with van der Waals surface area (Å²) >= 11 is 0. The van der Waals surface area contributed by atoms with Crippen molar-refractivity contribution in [3.63, 3.8) is 0 Å². The molecule has 1 aromatic carbocycles. The summed E-state index contributed by atoms with van der Waals surface area (Å²) < 4.78 is 64.8. The number of halogens is 4. The number of carboxylic acid groups (broad SMARTS) is 1. The quantitative estimate of drug-likeness (QED) is 0.783. The number of carboxylic acids is 1. The number of hydrogen-bond donors (Lipinski definition) is 1. The van der Waals surface area contributed by atoms with Crippen LogP contribution < -0.4 is 10.4 Å². The van der Waals surface area contributed by atoms with E-state index in [1.807, 2.05) is 0 Å². The van der Waals surface area contributed by atoms with Gasteiger partial charge in [-0.25, -0.2) is 14.0 Å². The summed E-state index contributed by atoms with van der Waals surface area (Å²) in [5, 5.41) is 13.1. The molecule has 1 aromatic heterocycles. The van der Waals surface area contributed by atoms with Gasteiger partial charge in [0.15, 0.2) is 11.9 Å². The molecule has 1 atom stereocenters. The fraction of sp³-hybridized carbons (Fsp3) is 0.438. The van der Waals surface area contributed by atoms with Gasteiger partial charge >= 0.3 is 17.8 Å². The van der Waals surface area contributed by atoms with Crippen molar-refractivity contribution >= 4 is 5.97 Å². The number of ether oxygens (including phenoxy) is 2. The molecule has 152 valence electrons. The van der Waals surface area contributed by atoms with Gasteiger partial charge in [0.1, 0.15) is 29.4 Å². The molecular weight excluding hydrogens is 390 g/mol. The predicted octanol–water partition coefficient (Wildman–Crippen LogP) is 2.12. The van der Waals surface area contributed by atoms with Crippen LogP contribution in [0.25, 0.3) is 5.69 Å². The van der Waals surface area contributed by atoms with E-state index < -0.39 is 46.8 Å². The second kappa shape index (κ2) is 7.26. The van der Waals surface area contributed by atoms with Crippen LogP contribution in [0.5, 0.6) is 5.75 Å². The van der Waals surface area contributed by atoms with E-state index in [4.69, 9.17) is 14.6 Å². The highest BCUT2D eigenvalue weighted by molar-refractivity contribution is 5.91. The summed E-state index contributed by atoms with van der Waals surface area (Å²) in [4.78, 5) is 23.8. The minimum absolute atomic E-state index is 0.00549. The highest BCUT2D eigenvalue weighted by Gasteiger charge is 2.39. The van der Waals surface area contributed by atoms with Crippen LogP contribution in [0.2, 0.25) is 0 Å². The lowest BCUT2D eigenvalue weighted by molar-refractivity contribution is -0.189. The zero-order valence-electron chi connectivity index (χ0n) is 14.5. The third-order valence-corrected chi connectivity index (χ3v) is 4.11. The molecule has 1 aliphatic heterocycles. The molecule has 0 aliphatic carbocycles. The largest absolute Gasteiger partial charge is 0.480 e. The van der Waals surface area contributed by atoms with E-state index in [-0.39, 0.29) is 19.0 Å². The summed E-state index contributed by atoms with van der Waals surface area (Å²) in [6.45, 7) is 1.37. The Bertz CT molecular complexity index is 966. The standard InChI is InChI=1S/C16H15F4N3O5/c1-8(16(18,19)20)28-12-6-11(10(17)5-9(12)14(24)25)23-15(26)22-3-2-4-27-7-13(22)21-23/h5-6,8H,2-4,7H2,1H3,(H,24,25)/t8-/m0/s1. The van der Waals surface area contributed by atoms with Crippen LogP contribution in [-0.4, -0.2) is 44.3 Å². The van der Waals surface area contributed by atoms with Gasteiger partial charge in [-0.05, 0) is 19.4 Å². The Morgan fingerprint density at radius 2 is 2.11 bits per heavy atom. The fourth-order valence-electron chi connectivity index (χ4n) is 2.64. The molecular formula is C16H15F4N3O5. The predicted molar refractivity (Wildman–Crippen MR) is 85.2 cm³/mol.